The van der Waals surface area contributed by atoms with E-state index in [1.807, 2.05) is 6.92 Å². The summed E-state index contributed by atoms with van der Waals surface area (Å²) in [6, 6.07) is -0.0929. The molecule has 1 rings (SSSR count). The molecule has 2 amide bonds. The molecule has 1 fully saturated rings. The van der Waals surface area contributed by atoms with Gasteiger partial charge in [-0.25, -0.2) is 4.79 Å². The maximum atomic E-state index is 12.3. The zero-order valence-corrected chi connectivity index (χ0v) is 14.4. The number of carbonyl (C=O) groups excluding carboxylic acids is 1. The van der Waals surface area contributed by atoms with Crippen molar-refractivity contribution in [3.63, 3.8) is 0 Å². The van der Waals surface area contributed by atoms with Crippen LogP contribution < -0.4 is 5.32 Å². The van der Waals surface area contributed by atoms with Crippen molar-refractivity contribution < 1.29 is 9.90 Å². The lowest BCUT2D eigenvalue weighted by molar-refractivity contribution is 0.0464. The third-order valence-electron chi connectivity index (χ3n) is 4.13. The van der Waals surface area contributed by atoms with Gasteiger partial charge in [0.1, 0.15) is 0 Å². The van der Waals surface area contributed by atoms with Crippen molar-refractivity contribution in [2.24, 2.45) is 0 Å². The molecule has 5 heteroatoms. The summed E-state index contributed by atoms with van der Waals surface area (Å²) in [6.07, 6.45) is 3.81. The second-order valence-electron chi connectivity index (χ2n) is 7.35. The second kappa shape index (κ2) is 7.45. The molecule has 0 spiro atoms. The van der Waals surface area contributed by atoms with Gasteiger partial charge < -0.3 is 15.3 Å². The van der Waals surface area contributed by atoms with Gasteiger partial charge in [-0.3, -0.25) is 4.90 Å². The number of hydrogen-bond acceptors (Lipinski definition) is 3. The van der Waals surface area contributed by atoms with Gasteiger partial charge in [-0.1, -0.05) is 6.42 Å². The van der Waals surface area contributed by atoms with Gasteiger partial charge in [0.15, 0.2) is 0 Å². The van der Waals surface area contributed by atoms with Crippen LogP contribution in [-0.4, -0.2) is 64.8 Å². The Morgan fingerprint density at radius 2 is 1.76 bits per heavy atom. The molecule has 0 aromatic rings. The topological polar surface area (TPSA) is 55.8 Å². The van der Waals surface area contributed by atoms with E-state index >= 15 is 0 Å². The standard InChI is InChI=1S/C16H33N3O2/c1-6-18(13-16(4,5)21)14(20)17-12-15(2,3)19-10-8-7-9-11-19/h21H,6-13H2,1-5H3,(H,17,20). The Kier molecular flexibility index (Phi) is 6.47. The number of likely N-dealkylation sites (N-methyl/N-ethyl adjacent to an activating group) is 1. The van der Waals surface area contributed by atoms with E-state index < -0.39 is 5.60 Å². The summed E-state index contributed by atoms with van der Waals surface area (Å²) in [6.45, 7) is 13.6. The molecule has 0 aliphatic carbocycles. The quantitative estimate of drug-likeness (QED) is 0.789. The number of amides is 2. The molecule has 5 nitrogen and oxygen atoms in total. The molecule has 124 valence electrons. The highest BCUT2D eigenvalue weighted by molar-refractivity contribution is 5.74. The van der Waals surface area contributed by atoms with E-state index in [2.05, 4.69) is 24.1 Å². The summed E-state index contributed by atoms with van der Waals surface area (Å²) in [5, 5.41) is 12.9. The average Bonchev–Trinajstić information content (AvgIpc) is 2.42. The number of aliphatic hydroxyl groups is 1. The Balaban J connectivity index is 2.49. The lowest BCUT2D eigenvalue weighted by atomic mass is 9.98. The zero-order valence-electron chi connectivity index (χ0n) is 14.4. The van der Waals surface area contributed by atoms with Crippen LogP contribution in [0.4, 0.5) is 4.79 Å². The number of piperidine rings is 1. The van der Waals surface area contributed by atoms with Crippen LogP contribution in [0.1, 0.15) is 53.9 Å². The van der Waals surface area contributed by atoms with E-state index in [-0.39, 0.29) is 11.6 Å². The van der Waals surface area contributed by atoms with Crippen molar-refractivity contribution in [3.8, 4) is 0 Å². The largest absolute Gasteiger partial charge is 0.389 e. The SMILES string of the molecule is CCN(CC(C)(C)O)C(=O)NCC(C)(C)N1CCCCC1. The molecule has 0 aromatic heterocycles. The van der Waals surface area contributed by atoms with Crippen molar-refractivity contribution in [1.29, 1.82) is 0 Å². The van der Waals surface area contributed by atoms with Gasteiger partial charge in [0.05, 0.1) is 12.1 Å². The van der Waals surface area contributed by atoms with Crippen LogP contribution in [0.3, 0.4) is 0 Å². The van der Waals surface area contributed by atoms with E-state index in [1.165, 1.54) is 19.3 Å². The van der Waals surface area contributed by atoms with Gasteiger partial charge in [0.25, 0.3) is 0 Å². The molecule has 0 saturated carbocycles. The first-order chi connectivity index (χ1) is 9.65. The van der Waals surface area contributed by atoms with Crippen LogP contribution in [0.2, 0.25) is 0 Å². The summed E-state index contributed by atoms with van der Waals surface area (Å²) >= 11 is 0. The Bertz CT molecular complexity index is 331. The average molecular weight is 299 g/mol. The summed E-state index contributed by atoms with van der Waals surface area (Å²) in [4.78, 5) is 16.4. The highest BCUT2D eigenvalue weighted by atomic mass is 16.3. The van der Waals surface area contributed by atoms with Crippen molar-refractivity contribution in [3.05, 3.63) is 0 Å². The molecule has 0 unspecified atom stereocenters. The molecule has 1 saturated heterocycles. The Labute approximate surface area is 129 Å². The van der Waals surface area contributed by atoms with Gasteiger partial charge in [-0.05, 0) is 60.5 Å². The third-order valence-corrected chi connectivity index (χ3v) is 4.13. The highest BCUT2D eigenvalue weighted by Crippen LogP contribution is 2.19. The lowest BCUT2D eigenvalue weighted by Crippen LogP contribution is -2.55. The predicted molar refractivity (Wildman–Crippen MR) is 86.4 cm³/mol. The molecule has 0 bridgehead atoms. The van der Waals surface area contributed by atoms with Crippen molar-refractivity contribution in [1.82, 2.24) is 15.1 Å². The minimum absolute atomic E-state index is 0.0236. The molecular formula is C16H33N3O2. The smallest absolute Gasteiger partial charge is 0.317 e. The van der Waals surface area contributed by atoms with Crippen molar-refractivity contribution in [2.45, 2.75) is 65.0 Å². The van der Waals surface area contributed by atoms with E-state index in [0.717, 1.165) is 13.1 Å². The number of likely N-dealkylation sites (tertiary alicyclic amines) is 1. The van der Waals surface area contributed by atoms with Gasteiger partial charge in [0.2, 0.25) is 0 Å². The molecule has 0 radical (unpaired) electrons. The molecule has 0 aromatic carbocycles. The Morgan fingerprint density at radius 3 is 2.24 bits per heavy atom. The number of rotatable bonds is 6. The van der Waals surface area contributed by atoms with Crippen LogP contribution in [-0.2, 0) is 0 Å². The fraction of sp³-hybridized carbons (Fsp3) is 0.938. The summed E-state index contributed by atoms with van der Waals surface area (Å²) in [5.41, 5.74) is -0.889. The maximum Gasteiger partial charge on any atom is 0.317 e. The van der Waals surface area contributed by atoms with Gasteiger partial charge in [0, 0.05) is 18.6 Å². The van der Waals surface area contributed by atoms with Gasteiger partial charge in [-0.2, -0.15) is 0 Å². The molecule has 1 aliphatic heterocycles. The normalized spacial score (nSPS) is 17.6. The predicted octanol–water partition coefficient (Wildman–Crippen LogP) is 2.05. The monoisotopic (exact) mass is 299 g/mol. The Morgan fingerprint density at radius 1 is 1.19 bits per heavy atom. The van der Waals surface area contributed by atoms with Crippen LogP contribution in [0.15, 0.2) is 0 Å². The number of urea groups is 1. The van der Waals surface area contributed by atoms with Gasteiger partial charge >= 0.3 is 6.03 Å². The number of hydrogen-bond donors (Lipinski definition) is 2. The first kappa shape index (κ1) is 18.2. The summed E-state index contributed by atoms with van der Waals surface area (Å²) < 4.78 is 0. The van der Waals surface area contributed by atoms with Crippen LogP contribution in [0.25, 0.3) is 0 Å². The zero-order chi connectivity index (χ0) is 16.1. The van der Waals surface area contributed by atoms with Crippen molar-refractivity contribution in [2.75, 3.05) is 32.7 Å². The number of nitrogens with one attached hydrogen (secondary N) is 1. The highest BCUT2D eigenvalue weighted by Gasteiger charge is 2.29. The lowest BCUT2D eigenvalue weighted by Gasteiger charge is -2.41. The third kappa shape index (κ3) is 6.22. The Hall–Kier alpha value is -0.810. The number of carbonyl (C=O) groups is 1. The minimum atomic E-state index is -0.865. The fourth-order valence-corrected chi connectivity index (χ4v) is 2.81. The molecule has 21 heavy (non-hydrogen) atoms. The molecule has 2 N–H and O–H groups in total. The van der Waals surface area contributed by atoms with Crippen molar-refractivity contribution >= 4 is 6.03 Å². The molecule has 1 heterocycles. The van der Waals surface area contributed by atoms with E-state index in [1.54, 1.807) is 18.7 Å². The van der Waals surface area contributed by atoms with Crippen LogP contribution >= 0.6 is 0 Å². The second-order valence-corrected chi connectivity index (χ2v) is 7.35. The van der Waals surface area contributed by atoms with E-state index in [4.69, 9.17) is 0 Å². The van der Waals surface area contributed by atoms with E-state index in [9.17, 15) is 9.90 Å². The maximum absolute atomic E-state index is 12.3. The fourth-order valence-electron chi connectivity index (χ4n) is 2.81. The van der Waals surface area contributed by atoms with Gasteiger partial charge in [-0.15, -0.1) is 0 Å². The first-order valence-corrected chi connectivity index (χ1v) is 8.16. The van der Waals surface area contributed by atoms with E-state index in [0.29, 0.717) is 19.6 Å². The first-order valence-electron chi connectivity index (χ1n) is 8.16. The van der Waals surface area contributed by atoms with Crippen LogP contribution in [0.5, 0.6) is 0 Å². The summed E-state index contributed by atoms with van der Waals surface area (Å²) in [7, 11) is 0. The molecule has 1 aliphatic rings. The van der Waals surface area contributed by atoms with Crippen LogP contribution in [0, 0.1) is 0 Å². The number of nitrogens with zero attached hydrogens (tertiary/aromatic N) is 2. The minimum Gasteiger partial charge on any atom is -0.389 e. The molecular weight excluding hydrogens is 266 g/mol. The summed E-state index contributed by atoms with van der Waals surface area (Å²) in [5.74, 6) is 0. The molecule has 0 atom stereocenters.